The number of amides is 1. The molecule has 1 aromatic carbocycles. The van der Waals surface area contributed by atoms with E-state index in [1.54, 1.807) is 17.4 Å². The number of aliphatic hydroxyl groups is 2. The molecule has 1 saturated heterocycles. The maximum atomic E-state index is 13.1. The van der Waals surface area contributed by atoms with Crippen LogP contribution in [0.25, 0.3) is 0 Å². The Labute approximate surface area is 182 Å². The number of anilines is 1. The van der Waals surface area contributed by atoms with E-state index in [-0.39, 0.29) is 19.1 Å². The molecule has 0 radical (unpaired) electrons. The van der Waals surface area contributed by atoms with Gasteiger partial charge < -0.3 is 35.2 Å². The molecule has 5 atom stereocenters. The average Bonchev–Trinajstić information content (AvgIpc) is 3.47. The normalized spacial score (nSPS) is 29.5. The van der Waals surface area contributed by atoms with Gasteiger partial charge in [0.15, 0.2) is 16.6 Å². The Morgan fingerprint density at radius 1 is 1.30 bits per heavy atom. The van der Waals surface area contributed by atoms with Gasteiger partial charge in [-0.15, -0.1) is 11.3 Å². The minimum Gasteiger partial charge on any atom is -0.454 e. The number of benzene rings is 1. The van der Waals surface area contributed by atoms with Gasteiger partial charge in [0.05, 0.1) is 30.7 Å². The molecule has 1 saturated carbocycles. The highest BCUT2D eigenvalue weighted by Crippen LogP contribution is 2.41. The van der Waals surface area contributed by atoms with E-state index in [4.69, 9.17) is 21.7 Å². The van der Waals surface area contributed by atoms with Crippen molar-refractivity contribution in [3.63, 3.8) is 0 Å². The van der Waals surface area contributed by atoms with Crippen LogP contribution in [0.5, 0.6) is 11.5 Å². The lowest BCUT2D eigenvalue weighted by atomic mass is 9.77. The molecular formula is C20H21N3O5S2. The number of ether oxygens (including phenoxy) is 2. The monoisotopic (exact) mass is 447 g/mol. The molecule has 1 amide bonds. The van der Waals surface area contributed by atoms with Gasteiger partial charge >= 0.3 is 0 Å². The number of rotatable bonds is 4. The molecule has 0 spiro atoms. The fourth-order valence-corrected chi connectivity index (χ4v) is 5.40. The summed E-state index contributed by atoms with van der Waals surface area (Å²) in [5, 5.41) is 29.4. The zero-order valence-electron chi connectivity index (χ0n) is 15.9. The average molecular weight is 448 g/mol. The summed E-state index contributed by atoms with van der Waals surface area (Å²) in [5.41, 5.74) is 0.740. The number of thiophene rings is 1. The fourth-order valence-electron chi connectivity index (χ4n) is 4.39. The second-order valence-corrected chi connectivity index (χ2v) is 8.99. The van der Waals surface area contributed by atoms with Crippen LogP contribution in [0.1, 0.15) is 11.3 Å². The number of carbonyl (C=O) groups is 1. The van der Waals surface area contributed by atoms with Gasteiger partial charge in [0.1, 0.15) is 6.10 Å². The van der Waals surface area contributed by atoms with Crippen molar-refractivity contribution >= 4 is 40.3 Å². The van der Waals surface area contributed by atoms with Crippen molar-refractivity contribution < 1.29 is 24.5 Å². The van der Waals surface area contributed by atoms with Crippen molar-refractivity contribution in [1.29, 1.82) is 0 Å². The first-order chi connectivity index (χ1) is 14.5. The molecule has 1 aromatic heterocycles. The molecule has 2 aliphatic heterocycles. The van der Waals surface area contributed by atoms with Crippen molar-refractivity contribution in [2.45, 2.75) is 37.3 Å². The molecule has 10 heteroatoms. The molecule has 0 bridgehead atoms. The summed E-state index contributed by atoms with van der Waals surface area (Å²) in [6, 6.07) is 8.34. The second kappa shape index (κ2) is 7.69. The van der Waals surface area contributed by atoms with Gasteiger partial charge in [0.2, 0.25) is 12.7 Å². The van der Waals surface area contributed by atoms with E-state index in [0.717, 1.165) is 10.6 Å². The number of nitrogens with zero attached hydrogens (tertiary/aromatic N) is 1. The number of carbonyl (C=O) groups excluding carboxylic acids is 1. The summed E-state index contributed by atoms with van der Waals surface area (Å²) >= 11 is 7.11. The Morgan fingerprint density at radius 3 is 2.93 bits per heavy atom. The fraction of sp³-hybridized carbons (Fsp3) is 0.400. The zero-order valence-corrected chi connectivity index (χ0v) is 17.5. The molecule has 30 heavy (non-hydrogen) atoms. The smallest absolute Gasteiger partial charge is 0.231 e. The molecule has 8 nitrogen and oxygen atoms in total. The van der Waals surface area contributed by atoms with Gasteiger partial charge in [-0.1, -0.05) is 6.07 Å². The van der Waals surface area contributed by atoms with Crippen LogP contribution >= 0.6 is 23.6 Å². The maximum Gasteiger partial charge on any atom is 0.231 e. The molecule has 3 heterocycles. The first-order valence-corrected chi connectivity index (χ1v) is 11.0. The van der Waals surface area contributed by atoms with Crippen molar-refractivity contribution in [2.75, 3.05) is 11.7 Å². The van der Waals surface area contributed by atoms with Crippen molar-refractivity contribution in [3.05, 3.63) is 40.6 Å². The van der Waals surface area contributed by atoms with Crippen LogP contribution in [-0.2, 0) is 11.3 Å². The Balaban J connectivity index is 1.44. The van der Waals surface area contributed by atoms with Gasteiger partial charge in [-0.3, -0.25) is 4.79 Å². The molecule has 2 fully saturated rings. The first kappa shape index (κ1) is 19.6. The van der Waals surface area contributed by atoms with Crippen LogP contribution in [0.2, 0.25) is 0 Å². The standard InChI is InChI=1S/C20H21N3O5S2/c24-13-7-12(19(26)21-8-11-2-1-5-30-11)17-16(18(13)25)22-20(29)23(17)10-3-4-14-15(6-10)28-9-27-14/h1-6,12-13,16-18,24-25H,7-9H2,(H,21,26)(H,22,29). The summed E-state index contributed by atoms with van der Waals surface area (Å²) in [4.78, 5) is 16.0. The lowest BCUT2D eigenvalue weighted by Crippen LogP contribution is -2.60. The molecule has 1 aliphatic carbocycles. The van der Waals surface area contributed by atoms with Crippen molar-refractivity contribution in [3.8, 4) is 11.5 Å². The predicted octanol–water partition coefficient (Wildman–Crippen LogP) is 0.967. The zero-order chi connectivity index (χ0) is 20.8. The number of hydrogen-bond donors (Lipinski definition) is 4. The molecule has 3 aliphatic rings. The van der Waals surface area contributed by atoms with E-state index in [1.165, 1.54) is 0 Å². The molecule has 5 rings (SSSR count). The third-order valence-corrected chi connectivity index (χ3v) is 7.02. The van der Waals surface area contributed by atoms with Gasteiger partial charge in [-0.05, 0) is 42.2 Å². The largest absolute Gasteiger partial charge is 0.454 e. The molecule has 2 aromatic rings. The number of aliphatic hydroxyl groups excluding tert-OH is 2. The third-order valence-electron chi connectivity index (χ3n) is 5.83. The van der Waals surface area contributed by atoms with Crippen LogP contribution in [0.3, 0.4) is 0 Å². The van der Waals surface area contributed by atoms with Crippen LogP contribution in [0, 0.1) is 5.92 Å². The third kappa shape index (κ3) is 3.29. The number of nitrogens with one attached hydrogen (secondary N) is 2. The minimum atomic E-state index is -1.03. The highest BCUT2D eigenvalue weighted by molar-refractivity contribution is 7.80. The SMILES string of the molecule is O=C(NCc1cccs1)C1CC(O)C(O)C2NC(=S)N(c3ccc4c(c3)OCO4)C12. The van der Waals surface area contributed by atoms with E-state index in [1.807, 2.05) is 34.5 Å². The maximum absolute atomic E-state index is 13.1. The quantitative estimate of drug-likeness (QED) is 0.514. The summed E-state index contributed by atoms with van der Waals surface area (Å²) in [6.45, 7) is 0.580. The van der Waals surface area contributed by atoms with Crippen LogP contribution in [0.15, 0.2) is 35.7 Å². The Kier molecular flexibility index (Phi) is 5.02. The van der Waals surface area contributed by atoms with E-state index in [9.17, 15) is 15.0 Å². The second-order valence-electron chi connectivity index (χ2n) is 7.57. The number of hydrogen-bond acceptors (Lipinski definition) is 7. The molecular weight excluding hydrogens is 426 g/mol. The van der Waals surface area contributed by atoms with E-state index in [2.05, 4.69) is 10.6 Å². The predicted molar refractivity (Wildman–Crippen MR) is 115 cm³/mol. The summed E-state index contributed by atoms with van der Waals surface area (Å²) in [7, 11) is 0. The minimum absolute atomic E-state index is 0.143. The highest BCUT2D eigenvalue weighted by atomic mass is 32.1. The van der Waals surface area contributed by atoms with E-state index < -0.39 is 30.2 Å². The topological polar surface area (TPSA) is 103 Å². The first-order valence-electron chi connectivity index (χ1n) is 9.68. The van der Waals surface area contributed by atoms with Crippen molar-refractivity contribution in [2.24, 2.45) is 5.92 Å². The van der Waals surface area contributed by atoms with Crippen LogP contribution in [-0.4, -0.2) is 52.3 Å². The molecule has 4 N–H and O–H groups in total. The highest BCUT2D eigenvalue weighted by Gasteiger charge is 2.54. The summed E-state index contributed by atoms with van der Waals surface area (Å²) < 4.78 is 10.9. The van der Waals surface area contributed by atoms with Gasteiger partial charge in [0, 0.05) is 16.6 Å². The number of fused-ring (bicyclic) bond motifs is 2. The van der Waals surface area contributed by atoms with Crippen molar-refractivity contribution in [1.82, 2.24) is 10.6 Å². The lowest BCUT2D eigenvalue weighted by molar-refractivity contribution is -0.131. The van der Waals surface area contributed by atoms with E-state index >= 15 is 0 Å². The Bertz CT molecular complexity index is 969. The Hall–Kier alpha value is -2.40. The van der Waals surface area contributed by atoms with E-state index in [0.29, 0.717) is 23.2 Å². The molecule has 158 valence electrons. The summed E-state index contributed by atoms with van der Waals surface area (Å²) in [6.07, 6.45) is -1.91. The van der Waals surface area contributed by atoms with Gasteiger partial charge in [-0.25, -0.2) is 0 Å². The number of thiocarbonyl (C=S) groups is 1. The van der Waals surface area contributed by atoms with Gasteiger partial charge in [0.25, 0.3) is 0 Å². The Morgan fingerprint density at radius 2 is 2.13 bits per heavy atom. The summed E-state index contributed by atoms with van der Waals surface area (Å²) in [5.74, 6) is 0.514. The molecule has 5 unspecified atom stereocenters. The van der Waals surface area contributed by atoms with Gasteiger partial charge in [-0.2, -0.15) is 0 Å². The lowest BCUT2D eigenvalue weighted by Gasteiger charge is -2.41. The van der Waals surface area contributed by atoms with Crippen LogP contribution < -0.4 is 25.0 Å². The van der Waals surface area contributed by atoms with Crippen LogP contribution in [0.4, 0.5) is 5.69 Å².